The quantitative estimate of drug-likeness (QED) is 0.341. The van der Waals surface area contributed by atoms with Gasteiger partial charge in [0.1, 0.15) is 0 Å². The van der Waals surface area contributed by atoms with E-state index in [0.717, 1.165) is 0 Å². The predicted octanol–water partition coefficient (Wildman–Crippen LogP) is 1.76. The Morgan fingerprint density at radius 1 is 1.00 bits per heavy atom. The first-order valence-corrected chi connectivity index (χ1v) is 2.32. The summed E-state index contributed by atoms with van der Waals surface area (Å²) in [6.07, 6.45) is 8.00. The zero-order valence-corrected chi connectivity index (χ0v) is 4.86. The molecule has 0 radical (unpaired) electrons. The summed E-state index contributed by atoms with van der Waals surface area (Å²) in [6.45, 7) is 0. The van der Waals surface area contributed by atoms with Crippen molar-refractivity contribution in [2.75, 3.05) is 0 Å². The summed E-state index contributed by atoms with van der Waals surface area (Å²) in [6, 6.07) is 0. The van der Waals surface area contributed by atoms with Crippen LogP contribution in [0.1, 0.15) is 25.7 Å². The summed E-state index contributed by atoms with van der Waals surface area (Å²) in [5.41, 5.74) is 0. The topological polar surface area (TPSA) is 0 Å². The molecule has 1 saturated carbocycles. The van der Waals surface area contributed by atoms with E-state index in [1.165, 1.54) is 25.7 Å². The predicted molar refractivity (Wildman–Crippen MR) is 22.8 cm³/mol. The summed E-state index contributed by atoms with van der Waals surface area (Å²) >= 11 is 0. The Balaban J connectivity index is 0.000000250. The second kappa shape index (κ2) is 3.70. The van der Waals surface area contributed by atoms with E-state index in [1.54, 1.807) is 0 Å². The number of hydrogen-bond donors (Lipinski definition) is 0. The molecular formula is C5H9Fe-. The van der Waals surface area contributed by atoms with E-state index in [0.29, 0.717) is 0 Å². The summed E-state index contributed by atoms with van der Waals surface area (Å²) in [5, 5.41) is 0. The molecule has 0 saturated heterocycles. The summed E-state index contributed by atoms with van der Waals surface area (Å²) in [4.78, 5) is 0. The standard InChI is InChI=1S/C5H9.Fe/c1-2-4-5-3-1;/h1H,2-5H2;/q-1;. The molecule has 0 aliphatic heterocycles. The molecule has 0 nitrogen and oxygen atoms in total. The van der Waals surface area contributed by atoms with Crippen LogP contribution < -0.4 is 0 Å². The van der Waals surface area contributed by atoms with Crippen LogP contribution in [-0.4, -0.2) is 0 Å². The normalized spacial score (nSPS) is 20.0. The van der Waals surface area contributed by atoms with Gasteiger partial charge in [0.25, 0.3) is 0 Å². The van der Waals surface area contributed by atoms with Crippen molar-refractivity contribution in [1.82, 2.24) is 0 Å². The molecule has 0 heterocycles. The van der Waals surface area contributed by atoms with Crippen LogP contribution >= 0.6 is 0 Å². The second-order valence-electron chi connectivity index (χ2n) is 1.57. The van der Waals surface area contributed by atoms with Crippen molar-refractivity contribution in [3.63, 3.8) is 0 Å². The Labute approximate surface area is 49.8 Å². The minimum Gasteiger partial charge on any atom is -0.328 e. The van der Waals surface area contributed by atoms with E-state index in [9.17, 15) is 0 Å². The minimum absolute atomic E-state index is 0. The van der Waals surface area contributed by atoms with Crippen molar-refractivity contribution < 1.29 is 17.1 Å². The smallest absolute Gasteiger partial charge is 0 e. The molecule has 0 spiro atoms. The van der Waals surface area contributed by atoms with E-state index in [-0.39, 0.29) is 17.1 Å². The number of hydrogen-bond acceptors (Lipinski definition) is 0. The minimum atomic E-state index is 0. The van der Waals surface area contributed by atoms with Gasteiger partial charge in [-0.2, -0.15) is 12.8 Å². The molecule has 0 aromatic carbocycles. The van der Waals surface area contributed by atoms with Crippen molar-refractivity contribution in [2.45, 2.75) is 25.7 Å². The molecule has 0 aromatic heterocycles. The maximum Gasteiger partial charge on any atom is 0 e. The molecule has 6 heavy (non-hydrogen) atoms. The molecule has 1 aliphatic carbocycles. The van der Waals surface area contributed by atoms with Crippen LogP contribution in [0.3, 0.4) is 0 Å². The largest absolute Gasteiger partial charge is 0.328 e. The van der Waals surface area contributed by atoms with Gasteiger partial charge in [-0.05, 0) is 0 Å². The molecule has 1 heteroatoms. The van der Waals surface area contributed by atoms with Gasteiger partial charge in [0.05, 0.1) is 0 Å². The molecule has 0 aromatic rings. The monoisotopic (exact) mass is 125 g/mol. The molecule has 0 amide bonds. The van der Waals surface area contributed by atoms with Crippen molar-refractivity contribution in [3.8, 4) is 0 Å². The van der Waals surface area contributed by atoms with Crippen molar-refractivity contribution in [2.24, 2.45) is 0 Å². The van der Waals surface area contributed by atoms with Crippen molar-refractivity contribution in [3.05, 3.63) is 6.42 Å². The van der Waals surface area contributed by atoms with Crippen LogP contribution in [0.4, 0.5) is 0 Å². The fourth-order valence-corrected chi connectivity index (χ4v) is 0.722. The van der Waals surface area contributed by atoms with Crippen LogP contribution in [0.25, 0.3) is 0 Å². The van der Waals surface area contributed by atoms with E-state index in [1.807, 2.05) is 0 Å². The van der Waals surface area contributed by atoms with Crippen LogP contribution in [0.15, 0.2) is 0 Å². The molecular weight excluding hydrogens is 116 g/mol. The van der Waals surface area contributed by atoms with Crippen LogP contribution in [0.5, 0.6) is 0 Å². The fourth-order valence-electron chi connectivity index (χ4n) is 0.722. The van der Waals surface area contributed by atoms with Gasteiger partial charge in [-0.15, -0.1) is 0 Å². The van der Waals surface area contributed by atoms with Gasteiger partial charge in [0, 0.05) is 17.1 Å². The molecule has 1 fully saturated rings. The van der Waals surface area contributed by atoms with E-state index < -0.39 is 0 Å². The van der Waals surface area contributed by atoms with Gasteiger partial charge in [-0.25, -0.2) is 0 Å². The Bertz CT molecular complexity index is 15.5. The first-order valence-electron chi connectivity index (χ1n) is 2.32. The second-order valence-corrected chi connectivity index (χ2v) is 1.57. The fraction of sp³-hybridized carbons (Fsp3) is 0.800. The third-order valence-electron chi connectivity index (χ3n) is 1.07. The maximum atomic E-state index is 2.36. The summed E-state index contributed by atoms with van der Waals surface area (Å²) in [7, 11) is 0. The SMILES string of the molecule is [CH-]1CCCC1.[Fe]. The first-order chi connectivity index (χ1) is 2.50. The average Bonchev–Trinajstić information content (AvgIpc) is 1.76. The third-order valence-corrected chi connectivity index (χ3v) is 1.07. The van der Waals surface area contributed by atoms with E-state index in [4.69, 9.17) is 0 Å². The van der Waals surface area contributed by atoms with Gasteiger partial charge in [0.15, 0.2) is 0 Å². The zero-order valence-electron chi connectivity index (χ0n) is 3.76. The first kappa shape index (κ1) is 6.52. The molecule has 0 unspecified atom stereocenters. The Morgan fingerprint density at radius 3 is 1.67 bits per heavy atom. The third kappa shape index (κ3) is 1.84. The zero-order chi connectivity index (χ0) is 3.54. The van der Waals surface area contributed by atoms with Gasteiger partial charge < -0.3 is 6.42 Å². The summed E-state index contributed by atoms with van der Waals surface area (Å²) < 4.78 is 0. The van der Waals surface area contributed by atoms with Crippen LogP contribution in [0, 0.1) is 6.42 Å². The maximum absolute atomic E-state index is 2.36. The average molecular weight is 125 g/mol. The molecule has 0 N–H and O–H groups in total. The van der Waals surface area contributed by atoms with Gasteiger partial charge in [-0.1, -0.05) is 12.8 Å². The van der Waals surface area contributed by atoms with Crippen LogP contribution in [0.2, 0.25) is 0 Å². The van der Waals surface area contributed by atoms with Crippen molar-refractivity contribution in [1.29, 1.82) is 0 Å². The van der Waals surface area contributed by atoms with Gasteiger partial charge >= 0.3 is 0 Å². The molecule has 1 aliphatic rings. The van der Waals surface area contributed by atoms with E-state index in [2.05, 4.69) is 6.42 Å². The summed E-state index contributed by atoms with van der Waals surface area (Å²) in [5.74, 6) is 0. The Kier molecular flexibility index (Phi) is 4.02. The van der Waals surface area contributed by atoms with E-state index >= 15 is 0 Å². The van der Waals surface area contributed by atoms with Gasteiger partial charge in [-0.3, -0.25) is 0 Å². The van der Waals surface area contributed by atoms with Crippen LogP contribution in [-0.2, 0) is 17.1 Å². The van der Waals surface area contributed by atoms with Gasteiger partial charge in [0.2, 0.25) is 0 Å². The Morgan fingerprint density at radius 2 is 1.50 bits per heavy atom. The molecule has 0 atom stereocenters. The van der Waals surface area contributed by atoms with Crippen molar-refractivity contribution >= 4 is 0 Å². The number of rotatable bonds is 0. The molecule has 1 rings (SSSR count). The molecule has 0 bridgehead atoms. The Hall–Kier alpha value is 0.519. The molecule has 38 valence electrons.